The van der Waals surface area contributed by atoms with Gasteiger partial charge in [-0.3, -0.25) is 0 Å². The number of aliphatic hydroxyl groups is 1. The fourth-order valence-electron chi connectivity index (χ4n) is 3.78. The van der Waals surface area contributed by atoms with Crippen LogP contribution in [0.15, 0.2) is 65.6 Å². The first-order valence-corrected chi connectivity index (χ1v) is 12.8. The van der Waals surface area contributed by atoms with Crippen LogP contribution in [0.5, 0.6) is 17.2 Å². The maximum Gasteiger partial charge on any atom is 0.241 e. The lowest BCUT2D eigenvalue weighted by molar-refractivity contribution is 0.134. The molecule has 0 aliphatic rings. The van der Waals surface area contributed by atoms with Gasteiger partial charge in [-0.25, -0.2) is 21.9 Å². The zero-order valence-corrected chi connectivity index (χ0v) is 21.5. The van der Waals surface area contributed by atoms with Gasteiger partial charge in [0.25, 0.3) is 0 Å². The minimum Gasteiger partial charge on any atom is -0.497 e. The second kappa shape index (κ2) is 12.8. The highest BCUT2D eigenvalue weighted by atomic mass is 32.2. The van der Waals surface area contributed by atoms with Gasteiger partial charge in [-0.2, -0.15) is 0 Å². The maximum absolute atomic E-state index is 13.8. The van der Waals surface area contributed by atoms with E-state index >= 15 is 0 Å². The van der Waals surface area contributed by atoms with Crippen LogP contribution in [0.25, 0.3) is 0 Å². The lowest BCUT2D eigenvalue weighted by Crippen LogP contribution is -2.48. The van der Waals surface area contributed by atoms with Crippen molar-refractivity contribution in [1.82, 2.24) is 10.0 Å². The number of benzene rings is 3. The number of rotatable bonds is 13. The van der Waals surface area contributed by atoms with E-state index < -0.39 is 33.8 Å². The molecule has 3 aromatic rings. The zero-order chi connectivity index (χ0) is 27.0. The molecule has 3 N–H and O–H groups in total. The highest BCUT2D eigenvalue weighted by Crippen LogP contribution is 2.29. The van der Waals surface area contributed by atoms with E-state index in [0.29, 0.717) is 18.0 Å². The van der Waals surface area contributed by atoms with Crippen LogP contribution >= 0.6 is 0 Å². The van der Waals surface area contributed by atoms with Crippen molar-refractivity contribution in [3.05, 3.63) is 83.4 Å². The van der Waals surface area contributed by atoms with Gasteiger partial charge in [0.2, 0.25) is 10.0 Å². The second-order valence-electron chi connectivity index (χ2n) is 8.28. The monoisotopic (exact) mass is 536 g/mol. The van der Waals surface area contributed by atoms with E-state index in [1.54, 1.807) is 13.2 Å². The molecule has 3 aromatic carbocycles. The highest BCUT2D eigenvalue weighted by Gasteiger charge is 2.27. The van der Waals surface area contributed by atoms with E-state index in [1.807, 2.05) is 18.2 Å². The minimum atomic E-state index is -4.17. The molecule has 0 aromatic heterocycles. The van der Waals surface area contributed by atoms with Gasteiger partial charge in [-0.05, 0) is 53.9 Å². The molecule has 0 spiro atoms. The maximum atomic E-state index is 13.8. The molecule has 0 radical (unpaired) electrons. The SMILES string of the molecule is COc1cccc(CNC[C@H](O)[C@@H](Cc2cc(F)cc(F)c2)NS(=O)(=O)c2ccc(OC)c(OC)c2)c1. The predicted octanol–water partition coefficient (Wildman–Crippen LogP) is 3.03. The lowest BCUT2D eigenvalue weighted by atomic mass is 10.0. The van der Waals surface area contributed by atoms with Crippen molar-refractivity contribution in [2.75, 3.05) is 27.9 Å². The van der Waals surface area contributed by atoms with Crippen LogP contribution in [0.1, 0.15) is 11.1 Å². The van der Waals surface area contributed by atoms with Crippen molar-refractivity contribution in [3.63, 3.8) is 0 Å². The fourth-order valence-corrected chi connectivity index (χ4v) is 5.06. The van der Waals surface area contributed by atoms with Crippen LogP contribution in [0.4, 0.5) is 8.78 Å². The summed E-state index contributed by atoms with van der Waals surface area (Å²) in [4.78, 5) is -0.128. The van der Waals surface area contributed by atoms with Crippen molar-refractivity contribution in [2.24, 2.45) is 0 Å². The molecule has 0 amide bonds. The molecular formula is C26H30F2N2O6S. The van der Waals surface area contributed by atoms with Crippen LogP contribution < -0.4 is 24.2 Å². The van der Waals surface area contributed by atoms with Gasteiger partial charge in [-0.15, -0.1) is 0 Å². The Bertz CT molecular complexity index is 1290. The topological polar surface area (TPSA) is 106 Å². The summed E-state index contributed by atoms with van der Waals surface area (Å²) in [7, 11) is 0.190. The van der Waals surface area contributed by atoms with Crippen molar-refractivity contribution < 1.29 is 36.5 Å². The standard InChI is InChI=1S/C26H30F2N2O6S/c1-34-21-6-4-5-17(11-21)15-29-16-24(31)23(12-18-9-19(27)13-20(28)10-18)30-37(32,33)22-7-8-25(35-2)26(14-22)36-3/h4-11,13-14,23-24,29-31H,12,15-16H2,1-3H3/t23-,24+/m1/s1. The quantitative estimate of drug-likeness (QED) is 0.308. The molecule has 0 aliphatic carbocycles. The van der Waals surface area contributed by atoms with Crippen LogP contribution in [-0.2, 0) is 23.0 Å². The van der Waals surface area contributed by atoms with Crippen LogP contribution in [0.3, 0.4) is 0 Å². The number of sulfonamides is 1. The molecule has 37 heavy (non-hydrogen) atoms. The van der Waals surface area contributed by atoms with E-state index in [-0.39, 0.29) is 29.2 Å². The van der Waals surface area contributed by atoms with Gasteiger partial charge in [-0.1, -0.05) is 12.1 Å². The second-order valence-corrected chi connectivity index (χ2v) is 9.99. The molecular weight excluding hydrogens is 506 g/mol. The number of ether oxygens (including phenoxy) is 3. The highest BCUT2D eigenvalue weighted by molar-refractivity contribution is 7.89. The molecule has 2 atom stereocenters. The third-order valence-corrected chi connectivity index (χ3v) is 7.12. The van der Waals surface area contributed by atoms with E-state index in [0.717, 1.165) is 23.8 Å². The van der Waals surface area contributed by atoms with Gasteiger partial charge in [0.1, 0.15) is 17.4 Å². The molecule has 0 bridgehead atoms. The third kappa shape index (κ3) is 7.86. The molecule has 0 saturated carbocycles. The first-order chi connectivity index (χ1) is 17.6. The Morgan fingerprint density at radius 2 is 1.57 bits per heavy atom. The van der Waals surface area contributed by atoms with Gasteiger partial charge in [0.15, 0.2) is 11.5 Å². The molecule has 0 saturated heterocycles. The molecule has 0 fully saturated rings. The minimum absolute atomic E-state index is 0.00583. The molecule has 0 unspecified atom stereocenters. The largest absolute Gasteiger partial charge is 0.497 e. The zero-order valence-electron chi connectivity index (χ0n) is 20.7. The summed E-state index contributed by atoms with van der Waals surface area (Å²) in [5.41, 5.74) is 1.07. The molecule has 200 valence electrons. The van der Waals surface area contributed by atoms with Crippen LogP contribution in [0.2, 0.25) is 0 Å². The molecule has 8 nitrogen and oxygen atoms in total. The van der Waals surface area contributed by atoms with Crippen molar-refractivity contribution in [2.45, 2.75) is 30.0 Å². The van der Waals surface area contributed by atoms with Crippen molar-refractivity contribution in [3.8, 4) is 17.2 Å². The van der Waals surface area contributed by atoms with Crippen molar-refractivity contribution >= 4 is 10.0 Å². The smallest absolute Gasteiger partial charge is 0.241 e. The number of nitrogens with one attached hydrogen (secondary N) is 2. The van der Waals surface area contributed by atoms with Gasteiger partial charge < -0.3 is 24.6 Å². The van der Waals surface area contributed by atoms with E-state index in [9.17, 15) is 22.3 Å². The summed E-state index contributed by atoms with van der Waals surface area (Å²) >= 11 is 0. The number of aliphatic hydroxyl groups excluding tert-OH is 1. The first kappa shape index (κ1) is 28.3. The number of hydrogen-bond acceptors (Lipinski definition) is 7. The Hall–Kier alpha value is -3.25. The summed E-state index contributed by atoms with van der Waals surface area (Å²) < 4.78 is 72.0. The van der Waals surface area contributed by atoms with E-state index in [2.05, 4.69) is 10.0 Å². The molecule has 0 heterocycles. The Morgan fingerprint density at radius 1 is 0.865 bits per heavy atom. The normalized spacial score (nSPS) is 13.1. The van der Waals surface area contributed by atoms with Gasteiger partial charge in [0, 0.05) is 25.2 Å². The van der Waals surface area contributed by atoms with Crippen molar-refractivity contribution in [1.29, 1.82) is 0 Å². The van der Waals surface area contributed by atoms with Crippen LogP contribution in [0, 0.1) is 11.6 Å². The average molecular weight is 537 g/mol. The summed E-state index contributed by atoms with van der Waals surface area (Å²) in [6.07, 6.45) is -1.41. The summed E-state index contributed by atoms with van der Waals surface area (Å²) in [5.74, 6) is -0.387. The number of hydrogen-bond donors (Lipinski definition) is 3. The summed E-state index contributed by atoms with van der Waals surface area (Å²) in [5, 5.41) is 14.0. The third-order valence-electron chi connectivity index (χ3n) is 5.63. The molecule has 3 rings (SSSR count). The fraction of sp³-hybridized carbons (Fsp3) is 0.308. The summed E-state index contributed by atoms with van der Waals surface area (Å²) in [6.45, 7) is 0.367. The Kier molecular flexibility index (Phi) is 9.81. The number of halogens is 2. The first-order valence-electron chi connectivity index (χ1n) is 11.4. The van der Waals surface area contributed by atoms with Gasteiger partial charge in [0.05, 0.1) is 38.4 Å². The van der Waals surface area contributed by atoms with Gasteiger partial charge >= 0.3 is 0 Å². The van der Waals surface area contributed by atoms with Crippen LogP contribution in [-0.4, -0.2) is 53.5 Å². The Morgan fingerprint density at radius 3 is 2.22 bits per heavy atom. The Labute approximate surface area is 215 Å². The predicted molar refractivity (Wildman–Crippen MR) is 134 cm³/mol. The molecule has 11 heteroatoms. The molecule has 0 aliphatic heterocycles. The summed E-state index contributed by atoms with van der Waals surface area (Å²) in [6, 6.07) is 13.2. The average Bonchev–Trinajstić information content (AvgIpc) is 2.87. The van der Waals surface area contributed by atoms with E-state index in [1.165, 1.54) is 32.4 Å². The van der Waals surface area contributed by atoms with E-state index in [4.69, 9.17) is 14.2 Å². The Balaban J connectivity index is 1.81. The lowest BCUT2D eigenvalue weighted by Gasteiger charge is -2.25. The number of methoxy groups -OCH3 is 3.